The molecule has 3 heterocycles. The number of hydrogen-bond acceptors (Lipinski definition) is 2. The molecule has 0 bridgehead atoms. The normalized spacial score (nSPS) is 13.4. The fourth-order valence-electron chi connectivity index (χ4n) is 2.92. The second-order valence-electron chi connectivity index (χ2n) is 5.34. The van der Waals surface area contributed by atoms with Crippen LogP contribution in [0.1, 0.15) is 12.1 Å². The summed E-state index contributed by atoms with van der Waals surface area (Å²) in [5, 5.41) is 4.73. The smallest absolute Gasteiger partial charge is 0.141 e. The molecule has 0 saturated heterocycles. The highest BCUT2D eigenvalue weighted by Gasteiger charge is 2.22. The van der Waals surface area contributed by atoms with E-state index in [9.17, 15) is 4.39 Å². The Hall–Kier alpha value is -2.01. The SMILES string of the molecule is Fc1ccc(-c2ccccc2-c2nn3c(c2Br)CCC3)nc1. The number of aryl methyl sites for hydroxylation is 1. The number of fused-ring (bicyclic) bond motifs is 1. The fourth-order valence-corrected chi connectivity index (χ4v) is 3.61. The number of rotatable bonds is 2. The summed E-state index contributed by atoms with van der Waals surface area (Å²) in [5.41, 5.74) is 4.89. The molecule has 5 heteroatoms. The third-order valence-electron chi connectivity index (χ3n) is 3.96. The number of aromatic nitrogens is 3. The van der Waals surface area contributed by atoms with Crippen LogP contribution in [0.3, 0.4) is 0 Å². The largest absolute Gasteiger partial charge is 0.268 e. The number of halogens is 2. The van der Waals surface area contributed by atoms with Crippen LogP contribution in [0.2, 0.25) is 0 Å². The summed E-state index contributed by atoms with van der Waals surface area (Å²) < 4.78 is 16.2. The fraction of sp³-hybridized carbons (Fsp3) is 0.176. The zero-order chi connectivity index (χ0) is 15.1. The molecule has 0 saturated carbocycles. The van der Waals surface area contributed by atoms with Crippen LogP contribution in [0.5, 0.6) is 0 Å². The van der Waals surface area contributed by atoms with Crippen molar-refractivity contribution in [2.45, 2.75) is 19.4 Å². The molecule has 1 aromatic carbocycles. The number of pyridine rings is 1. The molecule has 22 heavy (non-hydrogen) atoms. The lowest BCUT2D eigenvalue weighted by atomic mass is 10.0. The zero-order valence-corrected chi connectivity index (χ0v) is 13.3. The summed E-state index contributed by atoms with van der Waals surface area (Å²) in [7, 11) is 0. The molecule has 1 aliphatic heterocycles. The van der Waals surface area contributed by atoms with E-state index >= 15 is 0 Å². The maximum Gasteiger partial charge on any atom is 0.141 e. The number of hydrogen-bond donors (Lipinski definition) is 0. The van der Waals surface area contributed by atoms with Crippen LogP contribution < -0.4 is 0 Å². The van der Waals surface area contributed by atoms with Gasteiger partial charge in [-0.05, 0) is 40.9 Å². The van der Waals surface area contributed by atoms with Gasteiger partial charge >= 0.3 is 0 Å². The van der Waals surface area contributed by atoms with Crippen molar-refractivity contribution in [3.63, 3.8) is 0 Å². The highest BCUT2D eigenvalue weighted by atomic mass is 79.9. The summed E-state index contributed by atoms with van der Waals surface area (Å²) in [6.45, 7) is 0.963. The van der Waals surface area contributed by atoms with Gasteiger partial charge in [-0.2, -0.15) is 5.10 Å². The van der Waals surface area contributed by atoms with Gasteiger partial charge in [-0.15, -0.1) is 0 Å². The van der Waals surface area contributed by atoms with Gasteiger partial charge in [-0.3, -0.25) is 9.67 Å². The van der Waals surface area contributed by atoms with Crippen LogP contribution in [-0.2, 0) is 13.0 Å². The minimum Gasteiger partial charge on any atom is -0.268 e. The van der Waals surface area contributed by atoms with Gasteiger partial charge < -0.3 is 0 Å². The predicted octanol–water partition coefficient (Wildman–Crippen LogP) is 4.46. The van der Waals surface area contributed by atoms with Gasteiger partial charge in [0.15, 0.2) is 0 Å². The van der Waals surface area contributed by atoms with Crippen LogP contribution >= 0.6 is 15.9 Å². The van der Waals surface area contributed by atoms with Gasteiger partial charge in [-0.1, -0.05) is 24.3 Å². The topological polar surface area (TPSA) is 30.7 Å². The Morgan fingerprint density at radius 3 is 2.64 bits per heavy atom. The second-order valence-corrected chi connectivity index (χ2v) is 6.14. The van der Waals surface area contributed by atoms with Gasteiger partial charge in [-0.25, -0.2) is 4.39 Å². The van der Waals surface area contributed by atoms with E-state index in [1.165, 1.54) is 18.0 Å². The molecule has 0 spiro atoms. The van der Waals surface area contributed by atoms with Crippen LogP contribution in [0, 0.1) is 5.82 Å². The molecule has 2 aromatic heterocycles. The van der Waals surface area contributed by atoms with Crippen molar-refractivity contribution in [3.8, 4) is 22.5 Å². The molecule has 0 amide bonds. The van der Waals surface area contributed by atoms with Gasteiger partial charge in [0, 0.05) is 17.7 Å². The van der Waals surface area contributed by atoms with Crippen molar-refractivity contribution in [3.05, 3.63) is 58.6 Å². The third-order valence-corrected chi connectivity index (χ3v) is 4.80. The first-order valence-electron chi connectivity index (χ1n) is 7.20. The molecule has 110 valence electrons. The molecule has 0 fully saturated rings. The first-order chi connectivity index (χ1) is 10.7. The summed E-state index contributed by atoms with van der Waals surface area (Å²) in [6, 6.07) is 11.1. The summed E-state index contributed by atoms with van der Waals surface area (Å²) in [6.07, 6.45) is 3.43. The van der Waals surface area contributed by atoms with Crippen molar-refractivity contribution in [1.29, 1.82) is 0 Å². The van der Waals surface area contributed by atoms with Crippen LogP contribution in [0.15, 0.2) is 47.1 Å². The molecule has 3 nitrogen and oxygen atoms in total. The molecule has 4 rings (SSSR count). The van der Waals surface area contributed by atoms with Gasteiger partial charge in [0.2, 0.25) is 0 Å². The van der Waals surface area contributed by atoms with Gasteiger partial charge in [0.25, 0.3) is 0 Å². The molecular formula is C17H13BrFN3. The quantitative estimate of drug-likeness (QED) is 0.677. The highest BCUT2D eigenvalue weighted by molar-refractivity contribution is 9.10. The van der Waals surface area contributed by atoms with Gasteiger partial charge in [0.1, 0.15) is 11.5 Å². The minimum atomic E-state index is -0.330. The summed E-state index contributed by atoms with van der Waals surface area (Å²) in [4.78, 5) is 4.20. The lowest BCUT2D eigenvalue weighted by Crippen LogP contribution is -1.95. The van der Waals surface area contributed by atoms with E-state index in [0.29, 0.717) is 0 Å². The van der Waals surface area contributed by atoms with E-state index in [2.05, 4.69) is 25.6 Å². The van der Waals surface area contributed by atoms with E-state index in [4.69, 9.17) is 5.10 Å². The monoisotopic (exact) mass is 357 g/mol. The Kier molecular flexibility index (Phi) is 3.30. The summed E-state index contributed by atoms with van der Waals surface area (Å²) in [5.74, 6) is -0.330. The first-order valence-corrected chi connectivity index (χ1v) is 8.00. The molecule has 0 atom stereocenters. The van der Waals surface area contributed by atoms with Crippen molar-refractivity contribution < 1.29 is 4.39 Å². The maximum absolute atomic E-state index is 13.1. The molecule has 0 unspecified atom stereocenters. The number of nitrogens with zero attached hydrogens (tertiary/aromatic N) is 3. The lowest BCUT2D eigenvalue weighted by Gasteiger charge is -2.08. The van der Waals surface area contributed by atoms with Crippen molar-refractivity contribution in [1.82, 2.24) is 14.8 Å². The zero-order valence-electron chi connectivity index (χ0n) is 11.8. The Morgan fingerprint density at radius 1 is 1.09 bits per heavy atom. The van der Waals surface area contributed by atoms with Crippen LogP contribution in [-0.4, -0.2) is 14.8 Å². The van der Waals surface area contributed by atoms with Crippen LogP contribution in [0.25, 0.3) is 22.5 Å². The highest BCUT2D eigenvalue weighted by Crippen LogP contribution is 2.38. The molecule has 3 aromatic rings. The molecule has 0 radical (unpaired) electrons. The third kappa shape index (κ3) is 2.16. The Balaban J connectivity index is 1.88. The standard InChI is InChI=1S/C17H13BrFN3/c18-16-15-6-3-9-22(15)21-17(16)13-5-2-1-4-12(13)14-8-7-11(19)10-20-14/h1-2,4-5,7-8,10H,3,6,9H2. The van der Waals surface area contributed by atoms with E-state index in [1.807, 2.05) is 24.3 Å². The molecular weight excluding hydrogens is 345 g/mol. The summed E-state index contributed by atoms with van der Waals surface area (Å²) >= 11 is 3.69. The van der Waals surface area contributed by atoms with Crippen molar-refractivity contribution in [2.24, 2.45) is 0 Å². The molecule has 0 aliphatic carbocycles. The van der Waals surface area contributed by atoms with Crippen LogP contribution in [0.4, 0.5) is 4.39 Å². The molecule has 0 N–H and O–H groups in total. The Labute approximate surface area is 135 Å². The van der Waals surface area contributed by atoms with E-state index in [0.717, 1.165) is 46.4 Å². The first kappa shape index (κ1) is 13.6. The van der Waals surface area contributed by atoms with Crippen molar-refractivity contribution >= 4 is 15.9 Å². The Morgan fingerprint density at radius 2 is 1.91 bits per heavy atom. The lowest BCUT2D eigenvalue weighted by molar-refractivity contribution is 0.622. The predicted molar refractivity (Wildman–Crippen MR) is 86.9 cm³/mol. The van der Waals surface area contributed by atoms with Crippen molar-refractivity contribution in [2.75, 3.05) is 0 Å². The van der Waals surface area contributed by atoms with E-state index < -0.39 is 0 Å². The number of benzene rings is 1. The van der Waals surface area contributed by atoms with E-state index in [-0.39, 0.29) is 5.82 Å². The maximum atomic E-state index is 13.1. The Bertz CT molecular complexity index is 840. The van der Waals surface area contributed by atoms with Gasteiger partial charge in [0.05, 0.1) is 22.1 Å². The molecule has 1 aliphatic rings. The average molecular weight is 358 g/mol. The van der Waals surface area contributed by atoms with E-state index in [1.54, 1.807) is 6.07 Å². The average Bonchev–Trinajstić information content (AvgIpc) is 3.12. The minimum absolute atomic E-state index is 0.330. The second kappa shape index (κ2) is 5.32.